The Kier molecular flexibility index (Phi) is 8.10. The number of likely N-dealkylation sites (tertiary alicyclic amines) is 1. The van der Waals surface area contributed by atoms with Crippen molar-refractivity contribution in [2.24, 2.45) is 5.92 Å². The van der Waals surface area contributed by atoms with Crippen LogP contribution in [0.1, 0.15) is 47.0 Å². The maximum Gasteiger partial charge on any atom is 0.323 e. The minimum atomic E-state index is -0.233. The first kappa shape index (κ1) is 18.6. The molecule has 4 heteroatoms. The summed E-state index contributed by atoms with van der Waals surface area (Å²) in [5.41, 5.74) is 1.23. The topological polar surface area (TPSA) is 46.6 Å². The predicted octanol–water partition coefficient (Wildman–Crippen LogP) is 3.13. The van der Waals surface area contributed by atoms with E-state index in [1.807, 2.05) is 26.0 Å². The molecule has 1 fully saturated rings. The molecule has 3 atom stereocenters. The Morgan fingerprint density at radius 1 is 1.45 bits per heavy atom. The average Bonchev–Trinajstić information content (AvgIpc) is 2.93. The normalized spacial score (nSPS) is 24.6. The van der Waals surface area contributed by atoms with Gasteiger partial charge in [0.15, 0.2) is 0 Å². The third-order valence-corrected chi connectivity index (χ3v) is 4.45. The summed E-state index contributed by atoms with van der Waals surface area (Å²) in [5, 5.41) is 0. The minimum Gasteiger partial charge on any atom is -0.465 e. The molecule has 4 nitrogen and oxygen atoms in total. The highest BCUT2D eigenvalue weighted by Gasteiger charge is 2.42. The van der Waals surface area contributed by atoms with Crippen molar-refractivity contribution in [3.05, 3.63) is 23.8 Å². The zero-order valence-corrected chi connectivity index (χ0v) is 14.2. The summed E-state index contributed by atoms with van der Waals surface area (Å²) in [4.78, 5) is 25.3. The maximum atomic E-state index is 12.4. The summed E-state index contributed by atoms with van der Waals surface area (Å²) < 4.78 is 5.27. The second-order valence-corrected chi connectivity index (χ2v) is 5.84. The molecule has 1 saturated heterocycles. The van der Waals surface area contributed by atoms with Crippen molar-refractivity contribution in [2.75, 3.05) is 13.2 Å². The van der Waals surface area contributed by atoms with Crippen LogP contribution in [0.25, 0.3) is 0 Å². The van der Waals surface area contributed by atoms with Gasteiger partial charge < -0.3 is 9.53 Å². The van der Waals surface area contributed by atoms with Crippen molar-refractivity contribution in [2.45, 2.75) is 59.0 Å². The number of rotatable bonds is 8. The number of ether oxygens (including phenoxy) is 1. The van der Waals surface area contributed by atoms with Gasteiger partial charge in [-0.1, -0.05) is 23.8 Å². The predicted molar refractivity (Wildman–Crippen MR) is 88.6 cm³/mol. The number of nitrogens with zero attached hydrogens (tertiary/aromatic N) is 1. The molecule has 124 valence electrons. The van der Waals surface area contributed by atoms with Crippen LogP contribution in [0, 0.1) is 5.92 Å². The molecule has 0 N–H and O–H groups in total. The molecule has 0 amide bonds. The molecule has 1 aliphatic heterocycles. The van der Waals surface area contributed by atoms with Gasteiger partial charge in [-0.25, -0.2) is 0 Å². The minimum absolute atomic E-state index is 0.151. The van der Waals surface area contributed by atoms with Crippen LogP contribution >= 0.6 is 0 Å². The first-order chi connectivity index (χ1) is 10.6. The van der Waals surface area contributed by atoms with E-state index in [-0.39, 0.29) is 24.0 Å². The van der Waals surface area contributed by atoms with E-state index < -0.39 is 0 Å². The lowest BCUT2D eigenvalue weighted by Gasteiger charge is -2.32. The van der Waals surface area contributed by atoms with Gasteiger partial charge in [0.1, 0.15) is 12.3 Å². The van der Waals surface area contributed by atoms with Gasteiger partial charge in [-0.2, -0.15) is 0 Å². The molecule has 0 aromatic rings. The van der Waals surface area contributed by atoms with Crippen molar-refractivity contribution in [3.63, 3.8) is 0 Å². The first-order valence-electron chi connectivity index (χ1n) is 8.22. The van der Waals surface area contributed by atoms with E-state index >= 15 is 0 Å². The SMILES string of the molecule is C/C=C\C=C(/C)[C@H](C)N1CC[C@@H](CCC=O)[C@H]1C(=O)OCC. The molecule has 0 aliphatic carbocycles. The molecule has 1 heterocycles. The van der Waals surface area contributed by atoms with Crippen LogP contribution in [0.5, 0.6) is 0 Å². The number of aldehydes is 1. The molecule has 0 aromatic heterocycles. The summed E-state index contributed by atoms with van der Waals surface area (Å²) >= 11 is 0. The van der Waals surface area contributed by atoms with E-state index in [1.165, 1.54) is 5.57 Å². The summed E-state index contributed by atoms with van der Waals surface area (Å²) in [6.45, 7) is 9.30. The summed E-state index contributed by atoms with van der Waals surface area (Å²) in [6.07, 6.45) is 9.25. The Morgan fingerprint density at radius 3 is 2.77 bits per heavy atom. The van der Waals surface area contributed by atoms with Gasteiger partial charge in [0.2, 0.25) is 0 Å². The van der Waals surface area contributed by atoms with Crippen molar-refractivity contribution in [1.82, 2.24) is 4.90 Å². The van der Waals surface area contributed by atoms with Gasteiger partial charge in [0.05, 0.1) is 6.61 Å². The summed E-state index contributed by atoms with van der Waals surface area (Å²) in [5.74, 6) is 0.0581. The molecule has 22 heavy (non-hydrogen) atoms. The van der Waals surface area contributed by atoms with E-state index in [1.54, 1.807) is 0 Å². The lowest BCUT2D eigenvalue weighted by molar-refractivity contribution is -0.150. The molecule has 0 radical (unpaired) electrons. The van der Waals surface area contributed by atoms with Crippen LogP contribution < -0.4 is 0 Å². The molecule has 0 bridgehead atoms. The van der Waals surface area contributed by atoms with Gasteiger partial charge >= 0.3 is 5.97 Å². The second-order valence-electron chi connectivity index (χ2n) is 5.84. The van der Waals surface area contributed by atoms with Gasteiger partial charge in [-0.05, 0) is 53.0 Å². The van der Waals surface area contributed by atoms with Crippen molar-refractivity contribution < 1.29 is 14.3 Å². The van der Waals surface area contributed by atoms with Gasteiger partial charge in [-0.15, -0.1) is 0 Å². The van der Waals surface area contributed by atoms with E-state index in [4.69, 9.17) is 4.74 Å². The largest absolute Gasteiger partial charge is 0.465 e. The van der Waals surface area contributed by atoms with Crippen LogP contribution in [0.2, 0.25) is 0 Å². The zero-order valence-electron chi connectivity index (χ0n) is 14.2. The van der Waals surface area contributed by atoms with Crippen molar-refractivity contribution >= 4 is 12.3 Å². The summed E-state index contributed by atoms with van der Waals surface area (Å²) in [6, 6.07) is -0.0457. The van der Waals surface area contributed by atoms with E-state index in [9.17, 15) is 9.59 Å². The molecule has 1 aliphatic rings. The number of allylic oxidation sites excluding steroid dienone is 3. The Bertz CT molecular complexity index is 428. The van der Waals surface area contributed by atoms with Gasteiger partial charge in [0.25, 0.3) is 0 Å². The van der Waals surface area contributed by atoms with Crippen molar-refractivity contribution in [1.29, 1.82) is 0 Å². The highest BCUT2D eigenvalue weighted by Crippen LogP contribution is 2.32. The third kappa shape index (κ3) is 4.80. The van der Waals surface area contributed by atoms with E-state index in [0.29, 0.717) is 13.0 Å². The van der Waals surface area contributed by atoms with Crippen LogP contribution in [-0.2, 0) is 14.3 Å². The van der Waals surface area contributed by atoms with Crippen LogP contribution in [0.3, 0.4) is 0 Å². The molecule has 0 aromatic carbocycles. The van der Waals surface area contributed by atoms with Crippen LogP contribution in [-0.4, -0.2) is 42.4 Å². The fourth-order valence-corrected chi connectivity index (χ4v) is 3.11. The number of carbonyl (C=O) groups excluding carboxylic acids is 2. The lowest BCUT2D eigenvalue weighted by Crippen LogP contribution is -2.45. The van der Waals surface area contributed by atoms with Crippen molar-refractivity contribution in [3.8, 4) is 0 Å². The van der Waals surface area contributed by atoms with Gasteiger partial charge in [-0.3, -0.25) is 9.69 Å². The Labute approximate surface area is 134 Å². The number of carbonyl (C=O) groups is 2. The Hall–Kier alpha value is -1.42. The maximum absolute atomic E-state index is 12.4. The smallest absolute Gasteiger partial charge is 0.323 e. The first-order valence-corrected chi connectivity index (χ1v) is 8.22. The quantitative estimate of drug-likeness (QED) is 0.393. The second kappa shape index (κ2) is 9.57. The number of hydrogen-bond acceptors (Lipinski definition) is 4. The Balaban J connectivity index is 2.91. The number of hydrogen-bond donors (Lipinski definition) is 0. The molecular weight excluding hydrogens is 278 g/mol. The molecule has 0 unspecified atom stereocenters. The Morgan fingerprint density at radius 2 is 2.18 bits per heavy atom. The average molecular weight is 307 g/mol. The van der Waals surface area contributed by atoms with E-state index in [0.717, 1.165) is 25.7 Å². The fourth-order valence-electron chi connectivity index (χ4n) is 3.11. The number of esters is 1. The van der Waals surface area contributed by atoms with E-state index in [2.05, 4.69) is 24.8 Å². The standard InChI is InChI=1S/C18H29NO3/c1-5-7-9-14(3)15(4)19-12-11-16(10-8-13-20)17(19)18(21)22-6-2/h5,7,9,13,15-17H,6,8,10-12H2,1-4H3/b7-5-,14-9+/t15-,16+,17-/m0/s1. The summed E-state index contributed by atoms with van der Waals surface area (Å²) in [7, 11) is 0. The molecule has 0 spiro atoms. The van der Waals surface area contributed by atoms with Crippen LogP contribution in [0.15, 0.2) is 23.8 Å². The lowest BCUT2D eigenvalue weighted by atomic mass is 9.94. The molecule has 0 saturated carbocycles. The monoisotopic (exact) mass is 307 g/mol. The highest BCUT2D eigenvalue weighted by atomic mass is 16.5. The zero-order chi connectivity index (χ0) is 16.5. The molecule has 1 rings (SSSR count). The highest BCUT2D eigenvalue weighted by molar-refractivity contribution is 5.76. The fraction of sp³-hybridized carbons (Fsp3) is 0.667. The van der Waals surface area contributed by atoms with Crippen LogP contribution in [0.4, 0.5) is 0 Å². The third-order valence-electron chi connectivity index (χ3n) is 4.45. The van der Waals surface area contributed by atoms with Gasteiger partial charge in [0, 0.05) is 12.5 Å². The molecular formula is C18H29NO3.